The van der Waals surface area contributed by atoms with Crippen LogP contribution in [0.4, 0.5) is 4.79 Å². The van der Waals surface area contributed by atoms with E-state index in [1.54, 1.807) is 17.3 Å². The Morgan fingerprint density at radius 3 is 2.59 bits per heavy atom. The molecule has 3 heterocycles. The summed E-state index contributed by atoms with van der Waals surface area (Å²) in [6.07, 6.45) is 6.06. The second-order valence-electron chi connectivity index (χ2n) is 8.42. The van der Waals surface area contributed by atoms with Crippen molar-refractivity contribution in [1.82, 2.24) is 24.9 Å². The minimum atomic E-state index is -0.466. The molecule has 1 aliphatic rings. The summed E-state index contributed by atoms with van der Waals surface area (Å²) in [7, 11) is 0. The molecule has 0 spiro atoms. The summed E-state index contributed by atoms with van der Waals surface area (Å²) < 4.78 is 11.0. The molecule has 0 bridgehead atoms. The van der Waals surface area contributed by atoms with Crippen molar-refractivity contribution in [2.24, 2.45) is 0 Å². The number of aromatic nitrogens is 3. The molecule has 0 radical (unpaired) electrons. The second kappa shape index (κ2) is 9.35. The van der Waals surface area contributed by atoms with E-state index in [2.05, 4.69) is 26.9 Å². The molecule has 1 saturated heterocycles. The molecule has 1 aliphatic heterocycles. The summed E-state index contributed by atoms with van der Waals surface area (Å²) in [5, 5.41) is 4.10. The number of piperidine rings is 1. The molecule has 3 rings (SSSR count). The Bertz CT molecular complexity index is 779. The molecule has 0 N–H and O–H groups in total. The van der Waals surface area contributed by atoms with Crippen LogP contribution in [0.1, 0.15) is 52.8 Å². The van der Waals surface area contributed by atoms with E-state index in [4.69, 9.17) is 9.26 Å². The standard InChI is InChI=1S/C21H31N5O3/c1-5-12-26(15-18-23-19(24-29-18)16-6-10-22-11-7-16)17-8-13-25(14-9-17)20(27)28-21(2,3)4/h6-7,10-11,17H,5,8-9,12-15H2,1-4H3. The predicted molar refractivity (Wildman–Crippen MR) is 109 cm³/mol. The molecule has 2 aromatic heterocycles. The van der Waals surface area contributed by atoms with E-state index in [9.17, 15) is 4.79 Å². The fraction of sp³-hybridized carbons (Fsp3) is 0.619. The lowest BCUT2D eigenvalue weighted by atomic mass is 10.0. The monoisotopic (exact) mass is 401 g/mol. The zero-order valence-corrected chi connectivity index (χ0v) is 17.8. The van der Waals surface area contributed by atoms with Crippen LogP contribution >= 0.6 is 0 Å². The molecule has 0 unspecified atom stereocenters. The molecule has 0 saturated carbocycles. The van der Waals surface area contributed by atoms with Crippen molar-refractivity contribution < 1.29 is 14.1 Å². The smallest absolute Gasteiger partial charge is 0.410 e. The summed E-state index contributed by atoms with van der Waals surface area (Å²) in [6, 6.07) is 4.11. The molecule has 158 valence electrons. The zero-order chi connectivity index (χ0) is 20.9. The Hall–Kier alpha value is -2.48. The van der Waals surface area contributed by atoms with Crippen LogP contribution in [0.25, 0.3) is 11.4 Å². The van der Waals surface area contributed by atoms with Gasteiger partial charge in [0.1, 0.15) is 5.60 Å². The maximum absolute atomic E-state index is 12.3. The average Bonchev–Trinajstić information content (AvgIpc) is 3.16. The highest BCUT2D eigenvalue weighted by molar-refractivity contribution is 5.68. The van der Waals surface area contributed by atoms with Crippen molar-refractivity contribution >= 4 is 6.09 Å². The van der Waals surface area contributed by atoms with Gasteiger partial charge in [-0.05, 0) is 58.7 Å². The Morgan fingerprint density at radius 1 is 1.28 bits per heavy atom. The third-order valence-corrected chi connectivity index (χ3v) is 4.89. The van der Waals surface area contributed by atoms with E-state index in [1.807, 2.05) is 32.9 Å². The summed E-state index contributed by atoms with van der Waals surface area (Å²) in [5.41, 5.74) is 0.426. The average molecular weight is 402 g/mol. The molecule has 2 aromatic rings. The number of likely N-dealkylation sites (tertiary alicyclic amines) is 1. The second-order valence-corrected chi connectivity index (χ2v) is 8.42. The lowest BCUT2D eigenvalue weighted by molar-refractivity contribution is 0.0130. The minimum absolute atomic E-state index is 0.225. The van der Waals surface area contributed by atoms with Crippen LogP contribution in [0.5, 0.6) is 0 Å². The molecule has 1 fully saturated rings. The highest BCUT2D eigenvalue weighted by atomic mass is 16.6. The van der Waals surface area contributed by atoms with Gasteiger partial charge in [-0.2, -0.15) is 4.98 Å². The fourth-order valence-corrected chi connectivity index (χ4v) is 3.53. The number of carbonyl (C=O) groups excluding carboxylic acids is 1. The van der Waals surface area contributed by atoms with Gasteiger partial charge in [0.2, 0.25) is 11.7 Å². The number of hydrogen-bond donors (Lipinski definition) is 0. The zero-order valence-electron chi connectivity index (χ0n) is 17.8. The van der Waals surface area contributed by atoms with Crippen LogP contribution in [0.15, 0.2) is 29.0 Å². The number of amides is 1. The molecule has 8 nitrogen and oxygen atoms in total. The van der Waals surface area contributed by atoms with Gasteiger partial charge in [0, 0.05) is 37.1 Å². The number of nitrogens with zero attached hydrogens (tertiary/aromatic N) is 5. The maximum Gasteiger partial charge on any atom is 0.410 e. The lowest BCUT2D eigenvalue weighted by Gasteiger charge is -2.38. The molecule has 8 heteroatoms. The molecular formula is C21H31N5O3. The van der Waals surface area contributed by atoms with Crippen LogP contribution in [0, 0.1) is 0 Å². The highest BCUT2D eigenvalue weighted by Gasteiger charge is 2.30. The van der Waals surface area contributed by atoms with E-state index in [-0.39, 0.29) is 6.09 Å². The van der Waals surface area contributed by atoms with Gasteiger partial charge in [-0.1, -0.05) is 12.1 Å². The first-order valence-corrected chi connectivity index (χ1v) is 10.3. The Morgan fingerprint density at radius 2 is 1.97 bits per heavy atom. The van der Waals surface area contributed by atoms with Gasteiger partial charge < -0.3 is 14.2 Å². The Labute approximate surface area is 172 Å². The van der Waals surface area contributed by atoms with Gasteiger partial charge in [0.15, 0.2) is 0 Å². The van der Waals surface area contributed by atoms with E-state index >= 15 is 0 Å². The number of ether oxygens (including phenoxy) is 1. The largest absolute Gasteiger partial charge is 0.444 e. The fourth-order valence-electron chi connectivity index (χ4n) is 3.53. The van der Waals surface area contributed by atoms with Crippen LogP contribution in [-0.4, -0.2) is 62.3 Å². The minimum Gasteiger partial charge on any atom is -0.444 e. The van der Waals surface area contributed by atoms with Crippen LogP contribution < -0.4 is 0 Å². The van der Waals surface area contributed by atoms with Gasteiger partial charge in [0.05, 0.1) is 6.54 Å². The van der Waals surface area contributed by atoms with E-state index in [0.29, 0.717) is 37.4 Å². The van der Waals surface area contributed by atoms with Crippen LogP contribution in [0.3, 0.4) is 0 Å². The summed E-state index contributed by atoms with van der Waals surface area (Å²) in [4.78, 5) is 25.1. The molecule has 0 atom stereocenters. The topological polar surface area (TPSA) is 84.6 Å². The molecular weight excluding hydrogens is 370 g/mol. The van der Waals surface area contributed by atoms with Crippen LogP contribution in [0.2, 0.25) is 0 Å². The Balaban J connectivity index is 1.58. The third kappa shape index (κ3) is 6.00. The SMILES string of the molecule is CCCN(Cc1nc(-c2ccncc2)no1)C1CCN(C(=O)OC(C)(C)C)CC1. The quantitative estimate of drug-likeness (QED) is 0.729. The number of hydrogen-bond acceptors (Lipinski definition) is 7. The van der Waals surface area contributed by atoms with E-state index in [1.165, 1.54) is 0 Å². The normalized spacial score (nSPS) is 15.7. The van der Waals surface area contributed by atoms with Gasteiger partial charge in [-0.25, -0.2) is 4.79 Å². The summed E-state index contributed by atoms with van der Waals surface area (Å²) in [6.45, 7) is 10.8. The van der Waals surface area contributed by atoms with Crippen molar-refractivity contribution in [1.29, 1.82) is 0 Å². The first-order chi connectivity index (χ1) is 13.9. The summed E-state index contributed by atoms with van der Waals surface area (Å²) in [5.74, 6) is 1.19. The van der Waals surface area contributed by atoms with Crippen molar-refractivity contribution in [3.63, 3.8) is 0 Å². The number of pyridine rings is 1. The van der Waals surface area contributed by atoms with Crippen molar-refractivity contribution in [3.05, 3.63) is 30.4 Å². The summed E-state index contributed by atoms with van der Waals surface area (Å²) >= 11 is 0. The highest BCUT2D eigenvalue weighted by Crippen LogP contribution is 2.22. The van der Waals surface area contributed by atoms with Crippen molar-refractivity contribution in [3.8, 4) is 11.4 Å². The number of carbonyl (C=O) groups is 1. The molecule has 0 aromatic carbocycles. The molecule has 29 heavy (non-hydrogen) atoms. The third-order valence-electron chi connectivity index (χ3n) is 4.89. The van der Waals surface area contributed by atoms with E-state index in [0.717, 1.165) is 31.4 Å². The van der Waals surface area contributed by atoms with Gasteiger partial charge in [0.25, 0.3) is 0 Å². The lowest BCUT2D eigenvalue weighted by Crippen LogP contribution is -2.48. The van der Waals surface area contributed by atoms with Gasteiger partial charge in [-0.15, -0.1) is 0 Å². The maximum atomic E-state index is 12.3. The van der Waals surface area contributed by atoms with Gasteiger partial charge >= 0.3 is 6.09 Å². The van der Waals surface area contributed by atoms with Crippen LogP contribution in [-0.2, 0) is 11.3 Å². The first kappa shape index (κ1) is 21.2. The van der Waals surface area contributed by atoms with Gasteiger partial charge in [-0.3, -0.25) is 9.88 Å². The van der Waals surface area contributed by atoms with E-state index < -0.39 is 5.60 Å². The first-order valence-electron chi connectivity index (χ1n) is 10.3. The van der Waals surface area contributed by atoms with Crippen molar-refractivity contribution in [2.75, 3.05) is 19.6 Å². The van der Waals surface area contributed by atoms with Crippen molar-refractivity contribution in [2.45, 2.75) is 65.1 Å². The Kier molecular flexibility index (Phi) is 6.84. The predicted octanol–water partition coefficient (Wildman–Crippen LogP) is 3.74. The molecule has 1 amide bonds. The molecule has 0 aliphatic carbocycles. The number of rotatable bonds is 6.